The van der Waals surface area contributed by atoms with E-state index in [1.54, 1.807) is 21.3 Å². The van der Waals surface area contributed by atoms with Gasteiger partial charge in [-0.2, -0.15) is 0 Å². The van der Waals surface area contributed by atoms with Gasteiger partial charge in [-0.25, -0.2) is 0 Å². The maximum Gasteiger partial charge on any atom is 0.230 e. The molecule has 6 nitrogen and oxygen atoms in total. The molecule has 0 atom stereocenters. The monoisotopic (exact) mass is 319 g/mol. The fraction of sp³-hybridized carbons (Fsp3) is 0.267. The smallest absolute Gasteiger partial charge is 0.230 e. The number of methoxy groups -OCH3 is 2. The topological polar surface area (TPSA) is 73.3 Å². The number of amides is 1. The third kappa shape index (κ3) is 3.88. The van der Waals surface area contributed by atoms with Gasteiger partial charge in [0.05, 0.1) is 25.7 Å². The number of hydrogen-bond donors (Lipinski definition) is 1. The molecule has 0 aliphatic carbocycles. The van der Waals surface area contributed by atoms with Gasteiger partial charge in [0.15, 0.2) is 0 Å². The molecule has 2 rings (SSSR count). The first-order valence-electron chi connectivity index (χ1n) is 6.57. The van der Waals surface area contributed by atoms with E-state index < -0.39 is 0 Å². The summed E-state index contributed by atoms with van der Waals surface area (Å²) in [6, 6.07) is 9.17. The van der Waals surface area contributed by atoms with Crippen molar-refractivity contribution >= 4 is 17.7 Å². The molecule has 7 heteroatoms. The summed E-state index contributed by atoms with van der Waals surface area (Å²) in [5, 5.41) is 11.6. The number of ether oxygens (including phenoxy) is 2. The van der Waals surface area contributed by atoms with Gasteiger partial charge in [-0.05, 0) is 30.3 Å². The van der Waals surface area contributed by atoms with Crippen LogP contribution in [0.1, 0.15) is 0 Å². The number of rotatable bonds is 6. The van der Waals surface area contributed by atoms with Crippen LogP contribution in [0.15, 0.2) is 35.4 Å². The third-order valence-corrected chi connectivity index (χ3v) is 3.87. The number of benzene rings is 1. The molecule has 116 valence electrons. The van der Waals surface area contributed by atoms with Crippen molar-refractivity contribution in [3.8, 4) is 22.8 Å². The van der Waals surface area contributed by atoms with Crippen molar-refractivity contribution in [3.63, 3.8) is 0 Å². The predicted octanol–water partition coefficient (Wildman–Crippen LogP) is 2.00. The van der Waals surface area contributed by atoms with Crippen molar-refractivity contribution < 1.29 is 14.3 Å². The minimum atomic E-state index is -0.0506. The van der Waals surface area contributed by atoms with E-state index in [0.717, 1.165) is 11.3 Å². The Bertz CT molecular complexity index is 647. The fourth-order valence-electron chi connectivity index (χ4n) is 1.77. The summed E-state index contributed by atoms with van der Waals surface area (Å²) in [4.78, 5) is 11.2. The Morgan fingerprint density at radius 2 is 2.00 bits per heavy atom. The van der Waals surface area contributed by atoms with Crippen molar-refractivity contribution in [1.82, 2.24) is 15.5 Å². The number of hydrogen-bond acceptors (Lipinski definition) is 6. The third-order valence-electron chi connectivity index (χ3n) is 2.95. The number of thioether (sulfide) groups is 1. The summed E-state index contributed by atoms with van der Waals surface area (Å²) in [6.45, 7) is 0. The molecule has 0 unspecified atom stereocenters. The zero-order chi connectivity index (χ0) is 15.9. The maximum absolute atomic E-state index is 11.2. The summed E-state index contributed by atoms with van der Waals surface area (Å²) in [6.07, 6.45) is 0. The molecule has 0 spiro atoms. The first-order valence-corrected chi connectivity index (χ1v) is 7.56. The van der Waals surface area contributed by atoms with E-state index >= 15 is 0 Å². The van der Waals surface area contributed by atoms with Gasteiger partial charge in [0.25, 0.3) is 0 Å². The Morgan fingerprint density at radius 3 is 2.59 bits per heavy atom. The van der Waals surface area contributed by atoms with Crippen molar-refractivity contribution in [3.05, 3.63) is 30.3 Å². The lowest BCUT2D eigenvalue weighted by atomic mass is 10.1. The van der Waals surface area contributed by atoms with Gasteiger partial charge in [0.1, 0.15) is 16.5 Å². The minimum Gasteiger partial charge on any atom is -0.497 e. The molecule has 0 bridgehead atoms. The Hall–Kier alpha value is -2.28. The van der Waals surface area contributed by atoms with Crippen LogP contribution < -0.4 is 14.8 Å². The summed E-state index contributed by atoms with van der Waals surface area (Å²) in [5.41, 5.74) is 1.48. The molecule has 0 saturated heterocycles. The van der Waals surface area contributed by atoms with Crippen molar-refractivity contribution in [2.45, 2.75) is 5.03 Å². The maximum atomic E-state index is 11.2. The Kier molecular flexibility index (Phi) is 5.60. The highest BCUT2D eigenvalue weighted by atomic mass is 32.2. The van der Waals surface area contributed by atoms with Crippen LogP contribution in [0.2, 0.25) is 0 Å². The van der Waals surface area contributed by atoms with Crippen LogP contribution in [0, 0.1) is 0 Å². The van der Waals surface area contributed by atoms with Crippen molar-refractivity contribution in [2.75, 3.05) is 27.0 Å². The van der Waals surface area contributed by atoms with E-state index in [4.69, 9.17) is 9.47 Å². The number of carbonyl (C=O) groups excluding carboxylic acids is 1. The molecule has 1 aromatic heterocycles. The van der Waals surface area contributed by atoms with Gasteiger partial charge >= 0.3 is 0 Å². The summed E-state index contributed by atoms with van der Waals surface area (Å²) < 4.78 is 10.6. The van der Waals surface area contributed by atoms with E-state index in [1.165, 1.54) is 11.8 Å². The lowest BCUT2D eigenvalue weighted by molar-refractivity contribution is -0.118. The van der Waals surface area contributed by atoms with Gasteiger partial charge < -0.3 is 14.8 Å². The Balaban J connectivity index is 2.21. The van der Waals surface area contributed by atoms with E-state index in [-0.39, 0.29) is 5.91 Å². The summed E-state index contributed by atoms with van der Waals surface area (Å²) in [7, 11) is 4.81. The van der Waals surface area contributed by atoms with Crippen molar-refractivity contribution in [2.24, 2.45) is 0 Å². The molecular formula is C15H17N3O3S. The van der Waals surface area contributed by atoms with E-state index in [2.05, 4.69) is 15.5 Å². The Labute approximate surface area is 133 Å². The lowest BCUT2D eigenvalue weighted by Crippen LogP contribution is -2.19. The van der Waals surface area contributed by atoms with E-state index in [1.807, 2.05) is 30.3 Å². The van der Waals surface area contributed by atoms with E-state index in [0.29, 0.717) is 22.2 Å². The highest BCUT2D eigenvalue weighted by Crippen LogP contribution is 2.32. The molecule has 22 heavy (non-hydrogen) atoms. The molecule has 1 heterocycles. The van der Waals surface area contributed by atoms with Gasteiger partial charge in [-0.1, -0.05) is 11.8 Å². The molecule has 1 N–H and O–H groups in total. The lowest BCUT2D eigenvalue weighted by Gasteiger charge is -2.09. The fourth-order valence-corrected chi connectivity index (χ4v) is 2.45. The highest BCUT2D eigenvalue weighted by Gasteiger charge is 2.10. The van der Waals surface area contributed by atoms with Gasteiger partial charge in [-0.15, -0.1) is 10.2 Å². The van der Waals surface area contributed by atoms with Crippen LogP contribution >= 0.6 is 11.8 Å². The highest BCUT2D eigenvalue weighted by molar-refractivity contribution is 7.99. The normalized spacial score (nSPS) is 10.1. The standard InChI is InChI=1S/C15H17N3O3S/c1-16-14(19)9-22-15-7-5-12(17-18-15)11-8-10(20-2)4-6-13(11)21-3/h4-8H,9H2,1-3H3,(H,16,19). The Morgan fingerprint density at radius 1 is 1.18 bits per heavy atom. The largest absolute Gasteiger partial charge is 0.497 e. The molecule has 2 aromatic rings. The van der Waals surface area contributed by atoms with Crippen molar-refractivity contribution in [1.29, 1.82) is 0 Å². The molecule has 0 radical (unpaired) electrons. The number of carbonyl (C=O) groups is 1. The minimum absolute atomic E-state index is 0.0506. The van der Waals surface area contributed by atoms with Gasteiger partial charge in [0.2, 0.25) is 5.91 Å². The van der Waals surface area contributed by atoms with Crippen LogP contribution in [0.4, 0.5) is 0 Å². The second-order valence-electron chi connectivity index (χ2n) is 4.28. The van der Waals surface area contributed by atoms with Crippen LogP contribution in [-0.2, 0) is 4.79 Å². The average Bonchev–Trinajstić information content (AvgIpc) is 2.59. The van der Waals surface area contributed by atoms with Crippen LogP contribution in [0.5, 0.6) is 11.5 Å². The zero-order valence-electron chi connectivity index (χ0n) is 12.6. The first-order chi connectivity index (χ1) is 10.7. The molecule has 0 saturated carbocycles. The van der Waals surface area contributed by atoms with Crippen LogP contribution in [0.25, 0.3) is 11.3 Å². The van der Waals surface area contributed by atoms with E-state index in [9.17, 15) is 4.79 Å². The zero-order valence-corrected chi connectivity index (χ0v) is 13.4. The molecule has 1 aromatic carbocycles. The second-order valence-corrected chi connectivity index (χ2v) is 5.28. The molecule has 0 aliphatic rings. The van der Waals surface area contributed by atoms with Gasteiger partial charge in [0, 0.05) is 12.6 Å². The number of aromatic nitrogens is 2. The molecular weight excluding hydrogens is 302 g/mol. The second kappa shape index (κ2) is 7.65. The van der Waals surface area contributed by atoms with Crippen LogP contribution in [0.3, 0.4) is 0 Å². The quantitative estimate of drug-likeness (QED) is 0.821. The molecule has 1 amide bonds. The first kappa shape index (κ1) is 16.1. The predicted molar refractivity (Wildman–Crippen MR) is 85.4 cm³/mol. The SMILES string of the molecule is CNC(=O)CSc1ccc(-c2cc(OC)ccc2OC)nn1. The molecule has 0 aliphatic heterocycles. The summed E-state index contributed by atoms with van der Waals surface area (Å²) >= 11 is 1.33. The molecule has 0 fully saturated rings. The summed E-state index contributed by atoms with van der Waals surface area (Å²) in [5.74, 6) is 1.68. The number of nitrogens with one attached hydrogen (secondary N) is 1. The van der Waals surface area contributed by atoms with Crippen LogP contribution in [-0.4, -0.2) is 43.1 Å². The van der Waals surface area contributed by atoms with Gasteiger partial charge in [-0.3, -0.25) is 4.79 Å². The number of nitrogens with zero attached hydrogens (tertiary/aromatic N) is 2. The average molecular weight is 319 g/mol.